The van der Waals surface area contributed by atoms with Crippen molar-refractivity contribution in [2.45, 2.75) is 13.1 Å². The molecule has 6 nitrogen and oxygen atoms in total. The van der Waals surface area contributed by atoms with Crippen LogP contribution in [0.2, 0.25) is 0 Å². The van der Waals surface area contributed by atoms with E-state index in [0.29, 0.717) is 11.1 Å². The summed E-state index contributed by atoms with van der Waals surface area (Å²) < 4.78 is 0. The molecule has 0 spiro atoms. The van der Waals surface area contributed by atoms with Gasteiger partial charge in [0.15, 0.2) is 11.6 Å². The summed E-state index contributed by atoms with van der Waals surface area (Å²) in [7, 11) is 0. The summed E-state index contributed by atoms with van der Waals surface area (Å²) in [5.74, 6) is 1.45. The zero-order valence-electron chi connectivity index (χ0n) is 20.7. The molecule has 0 radical (unpaired) electrons. The van der Waals surface area contributed by atoms with Crippen LogP contribution >= 0.6 is 0 Å². The van der Waals surface area contributed by atoms with Gasteiger partial charge >= 0.3 is 0 Å². The lowest BCUT2D eigenvalue weighted by Crippen LogP contribution is -2.35. The van der Waals surface area contributed by atoms with E-state index in [2.05, 4.69) is 28.9 Å². The van der Waals surface area contributed by atoms with E-state index in [1.54, 1.807) is 0 Å². The number of aromatic nitrogens is 2. The summed E-state index contributed by atoms with van der Waals surface area (Å²) in [6.07, 6.45) is -0.166. The third-order valence-electron chi connectivity index (χ3n) is 6.71. The second-order valence-corrected chi connectivity index (χ2v) is 8.99. The second kappa shape index (κ2) is 9.54. The molecule has 0 atom stereocenters. The van der Waals surface area contributed by atoms with Gasteiger partial charge in [0, 0.05) is 22.5 Å². The molecule has 1 aromatic heterocycles. The molecule has 6 heteroatoms. The van der Waals surface area contributed by atoms with Gasteiger partial charge in [0.05, 0.1) is 34.7 Å². The maximum Gasteiger partial charge on any atom is 0.179 e. The highest BCUT2D eigenvalue weighted by molar-refractivity contribution is 5.89. The molecule has 0 N–H and O–H groups in total. The molecule has 6 rings (SSSR count). The summed E-state index contributed by atoms with van der Waals surface area (Å²) in [5, 5.41) is 18.6. The summed E-state index contributed by atoms with van der Waals surface area (Å²) in [5.41, 5.74) is 6.56. The highest BCUT2D eigenvalue weighted by Gasteiger charge is 2.39. The van der Waals surface area contributed by atoms with Crippen molar-refractivity contribution in [1.82, 2.24) is 9.97 Å². The Morgan fingerprint density at radius 3 is 1.26 bits per heavy atom. The van der Waals surface area contributed by atoms with E-state index in [9.17, 15) is 10.5 Å². The molecule has 4 aromatic carbocycles. The van der Waals surface area contributed by atoms with E-state index in [4.69, 9.17) is 9.97 Å². The number of hydrogen-bond acceptors (Lipinski definition) is 6. The molecule has 2 heterocycles. The number of rotatable bonds is 4. The van der Waals surface area contributed by atoms with Crippen molar-refractivity contribution in [3.05, 3.63) is 120 Å². The molecule has 0 unspecified atom stereocenters. The first kappa shape index (κ1) is 23.0. The fourth-order valence-electron chi connectivity index (χ4n) is 4.87. The number of fused-ring (bicyclic) bond motifs is 1. The normalized spacial score (nSPS) is 12.6. The molecule has 1 aliphatic heterocycles. The number of benzene rings is 4. The third kappa shape index (κ3) is 3.91. The smallest absolute Gasteiger partial charge is 0.179 e. The Labute approximate surface area is 221 Å². The molecule has 180 valence electrons. The largest absolute Gasteiger partial charge is 0.302 e. The lowest BCUT2D eigenvalue weighted by Gasteiger charge is -2.29. The Kier molecular flexibility index (Phi) is 5.76. The monoisotopic (exact) mass is 490 g/mol. The topological polar surface area (TPSA) is 79.8 Å². The minimum absolute atomic E-state index is 0.166. The van der Waals surface area contributed by atoms with Crippen molar-refractivity contribution in [1.29, 1.82) is 10.5 Å². The minimum atomic E-state index is -0.166. The minimum Gasteiger partial charge on any atom is -0.302 e. The first-order valence-electron chi connectivity index (χ1n) is 12.3. The van der Waals surface area contributed by atoms with Gasteiger partial charge in [0.1, 0.15) is 6.17 Å². The third-order valence-corrected chi connectivity index (χ3v) is 6.71. The summed E-state index contributed by atoms with van der Waals surface area (Å²) in [6, 6.07) is 39.6. The number of nitrogens with zero attached hydrogens (tertiary/aromatic N) is 6. The molecule has 0 fully saturated rings. The maximum absolute atomic E-state index is 9.32. The molecule has 0 saturated carbocycles. The van der Waals surface area contributed by atoms with Gasteiger partial charge in [-0.3, -0.25) is 0 Å². The SMILES string of the molecule is CC1N(c2ccc(C#N)cc2)c2nc(-c3ccccc3)c(-c3ccccc3)nc2N1c1ccc(C#N)cc1. The standard InChI is InChI=1S/C32H22N6/c1-22-37(27-16-12-23(20-33)13-17-27)31-32(38(22)28-18-14-24(21-34)15-19-28)36-30(26-10-6-3-7-11-26)29(35-31)25-8-4-2-5-9-25/h2-19,22H,1H3. The van der Waals surface area contributed by atoms with Gasteiger partial charge in [-0.1, -0.05) is 60.7 Å². The average Bonchev–Trinajstić information content (AvgIpc) is 3.28. The Balaban J connectivity index is 1.61. The van der Waals surface area contributed by atoms with Gasteiger partial charge in [-0.05, 0) is 55.5 Å². The van der Waals surface area contributed by atoms with Crippen molar-refractivity contribution < 1.29 is 0 Å². The Morgan fingerprint density at radius 2 is 0.921 bits per heavy atom. The van der Waals surface area contributed by atoms with Crippen molar-refractivity contribution in [2.24, 2.45) is 0 Å². The van der Waals surface area contributed by atoms with Crippen molar-refractivity contribution in [3.63, 3.8) is 0 Å². The zero-order valence-corrected chi connectivity index (χ0v) is 20.7. The average molecular weight is 491 g/mol. The summed E-state index contributed by atoms with van der Waals surface area (Å²) >= 11 is 0. The highest BCUT2D eigenvalue weighted by Crippen LogP contribution is 2.48. The van der Waals surface area contributed by atoms with Crippen LogP contribution in [-0.4, -0.2) is 16.1 Å². The van der Waals surface area contributed by atoms with Gasteiger partial charge in [0.2, 0.25) is 0 Å². The summed E-state index contributed by atoms with van der Waals surface area (Å²) in [6.45, 7) is 2.10. The molecule has 0 bridgehead atoms. The van der Waals surface area contributed by atoms with Crippen LogP contribution in [0.15, 0.2) is 109 Å². The van der Waals surface area contributed by atoms with Crippen LogP contribution < -0.4 is 9.80 Å². The predicted molar refractivity (Wildman–Crippen MR) is 149 cm³/mol. The fraction of sp³-hybridized carbons (Fsp3) is 0.0625. The number of hydrogen-bond donors (Lipinski definition) is 0. The predicted octanol–water partition coefficient (Wildman–Crippen LogP) is 7.19. The maximum atomic E-state index is 9.32. The number of anilines is 4. The van der Waals surface area contributed by atoms with Crippen molar-refractivity contribution in [2.75, 3.05) is 9.80 Å². The number of nitriles is 2. The second-order valence-electron chi connectivity index (χ2n) is 8.99. The lowest BCUT2D eigenvalue weighted by atomic mass is 10.0. The Hall–Kier alpha value is -5.46. The molecule has 0 aliphatic carbocycles. The van der Waals surface area contributed by atoms with Crippen LogP contribution in [0.1, 0.15) is 18.1 Å². The quantitative estimate of drug-likeness (QED) is 0.265. The first-order valence-corrected chi connectivity index (χ1v) is 12.3. The Morgan fingerprint density at radius 1 is 0.553 bits per heavy atom. The molecule has 1 aliphatic rings. The van der Waals surface area contributed by atoms with Gasteiger partial charge in [0.25, 0.3) is 0 Å². The molecule has 0 saturated heterocycles. The van der Waals surface area contributed by atoms with Crippen LogP contribution in [0.3, 0.4) is 0 Å². The van der Waals surface area contributed by atoms with Crippen LogP contribution in [0.25, 0.3) is 22.5 Å². The highest BCUT2D eigenvalue weighted by atomic mass is 15.5. The fourth-order valence-corrected chi connectivity index (χ4v) is 4.87. The van der Waals surface area contributed by atoms with E-state index >= 15 is 0 Å². The summed E-state index contributed by atoms with van der Waals surface area (Å²) in [4.78, 5) is 14.8. The Bertz CT molecular complexity index is 1550. The van der Waals surface area contributed by atoms with E-state index < -0.39 is 0 Å². The lowest BCUT2D eigenvalue weighted by molar-refractivity contribution is 0.754. The van der Waals surface area contributed by atoms with Crippen LogP contribution in [0, 0.1) is 22.7 Å². The van der Waals surface area contributed by atoms with Crippen LogP contribution in [-0.2, 0) is 0 Å². The van der Waals surface area contributed by atoms with Gasteiger partial charge in [-0.25, -0.2) is 9.97 Å². The van der Waals surface area contributed by atoms with Crippen LogP contribution in [0.4, 0.5) is 23.0 Å². The van der Waals surface area contributed by atoms with Crippen LogP contribution in [0.5, 0.6) is 0 Å². The molecular formula is C32H22N6. The zero-order chi connectivity index (χ0) is 26.1. The molecule has 5 aromatic rings. The molecular weight excluding hydrogens is 468 g/mol. The van der Waals surface area contributed by atoms with E-state index in [1.165, 1.54) is 0 Å². The van der Waals surface area contributed by atoms with Gasteiger partial charge < -0.3 is 9.80 Å². The van der Waals surface area contributed by atoms with E-state index in [0.717, 1.165) is 45.5 Å². The van der Waals surface area contributed by atoms with Crippen molar-refractivity contribution in [3.8, 4) is 34.7 Å². The van der Waals surface area contributed by atoms with Gasteiger partial charge in [-0.2, -0.15) is 10.5 Å². The van der Waals surface area contributed by atoms with E-state index in [-0.39, 0.29) is 6.17 Å². The first-order chi connectivity index (χ1) is 18.7. The van der Waals surface area contributed by atoms with Gasteiger partial charge in [-0.15, -0.1) is 0 Å². The van der Waals surface area contributed by atoms with Crippen molar-refractivity contribution >= 4 is 23.0 Å². The van der Waals surface area contributed by atoms with E-state index in [1.807, 2.05) is 109 Å². The molecule has 0 amide bonds. The molecule has 38 heavy (non-hydrogen) atoms.